The highest BCUT2D eigenvalue weighted by molar-refractivity contribution is 5.31. The van der Waals surface area contributed by atoms with Gasteiger partial charge in [0, 0.05) is 12.1 Å². The minimum absolute atomic E-state index is 0.586. The zero-order valence-electron chi connectivity index (χ0n) is 12.1. The maximum atomic E-state index is 5.37. The third kappa shape index (κ3) is 2.51. The van der Waals surface area contributed by atoms with Crippen LogP contribution in [0.1, 0.15) is 50.1 Å². The van der Waals surface area contributed by atoms with Crippen LogP contribution < -0.4 is 4.74 Å². The Kier molecular flexibility index (Phi) is 3.79. The van der Waals surface area contributed by atoms with Gasteiger partial charge in [-0.2, -0.15) is 0 Å². The van der Waals surface area contributed by atoms with Crippen LogP contribution in [0.15, 0.2) is 24.3 Å². The van der Waals surface area contributed by atoms with E-state index in [-0.39, 0.29) is 0 Å². The third-order valence-electron chi connectivity index (χ3n) is 5.14. The van der Waals surface area contributed by atoms with Crippen LogP contribution in [0.2, 0.25) is 0 Å². The van der Waals surface area contributed by atoms with Crippen LogP contribution in [0.5, 0.6) is 5.75 Å². The van der Waals surface area contributed by atoms with Gasteiger partial charge in [-0.25, -0.2) is 0 Å². The predicted molar refractivity (Wildman–Crippen MR) is 78.5 cm³/mol. The van der Waals surface area contributed by atoms with Gasteiger partial charge in [0.15, 0.2) is 0 Å². The summed E-state index contributed by atoms with van der Waals surface area (Å²) in [6.07, 6.45) is 8.42. The molecule has 0 N–H and O–H groups in total. The minimum atomic E-state index is 0.586. The lowest BCUT2D eigenvalue weighted by Crippen LogP contribution is -2.30. The number of rotatable bonds is 2. The molecule has 0 bridgehead atoms. The van der Waals surface area contributed by atoms with Gasteiger partial charge in [0.1, 0.15) is 5.75 Å². The number of nitrogens with zero attached hydrogens (tertiary/aromatic N) is 1. The van der Waals surface area contributed by atoms with Gasteiger partial charge in [0.25, 0.3) is 0 Å². The lowest BCUT2D eigenvalue weighted by Gasteiger charge is -2.27. The summed E-state index contributed by atoms with van der Waals surface area (Å²) >= 11 is 0. The summed E-state index contributed by atoms with van der Waals surface area (Å²) in [5.74, 6) is 1.89. The normalized spacial score (nSPS) is 31.8. The van der Waals surface area contributed by atoms with Gasteiger partial charge in [-0.05, 0) is 49.9 Å². The van der Waals surface area contributed by atoms with Gasteiger partial charge in [-0.3, -0.25) is 4.90 Å². The fraction of sp³-hybridized carbons (Fsp3) is 0.647. The van der Waals surface area contributed by atoms with Crippen LogP contribution in [-0.2, 0) is 0 Å². The standard InChI is InChI=1S/C17H25NO/c1-18-16-10-5-3-4-7-14(16)12-17(18)13-8-6-9-15(11-13)19-2/h6,8-9,11,14,16-17H,3-5,7,10,12H2,1-2H3. The molecule has 1 aromatic rings. The smallest absolute Gasteiger partial charge is 0.119 e. The molecule has 1 heterocycles. The Morgan fingerprint density at radius 1 is 1.16 bits per heavy atom. The Balaban J connectivity index is 1.81. The topological polar surface area (TPSA) is 12.5 Å². The molecule has 19 heavy (non-hydrogen) atoms. The Morgan fingerprint density at radius 3 is 2.84 bits per heavy atom. The molecule has 1 aliphatic carbocycles. The van der Waals surface area contributed by atoms with E-state index < -0.39 is 0 Å². The summed E-state index contributed by atoms with van der Waals surface area (Å²) in [6, 6.07) is 10.0. The van der Waals surface area contributed by atoms with E-state index in [2.05, 4.69) is 30.1 Å². The number of methoxy groups -OCH3 is 1. The monoisotopic (exact) mass is 259 g/mol. The summed E-state index contributed by atoms with van der Waals surface area (Å²) in [6.45, 7) is 0. The molecule has 2 aliphatic rings. The number of benzene rings is 1. The summed E-state index contributed by atoms with van der Waals surface area (Å²) < 4.78 is 5.37. The first-order chi connectivity index (χ1) is 9.29. The third-order valence-corrected chi connectivity index (χ3v) is 5.14. The first-order valence-corrected chi connectivity index (χ1v) is 7.65. The fourth-order valence-corrected chi connectivity index (χ4v) is 4.08. The van der Waals surface area contributed by atoms with E-state index in [4.69, 9.17) is 4.74 Å². The van der Waals surface area contributed by atoms with E-state index in [1.165, 1.54) is 44.1 Å². The quantitative estimate of drug-likeness (QED) is 0.795. The molecular formula is C17H25NO. The highest BCUT2D eigenvalue weighted by Gasteiger charge is 2.39. The number of likely N-dealkylation sites (tertiary alicyclic amines) is 1. The van der Waals surface area contributed by atoms with Crippen LogP contribution >= 0.6 is 0 Å². The van der Waals surface area contributed by atoms with Crippen molar-refractivity contribution in [2.24, 2.45) is 5.92 Å². The molecule has 3 rings (SSSR count). The van der Waals surface area contributed by atoms with Crippen LogP contribution in [0.4, 0.5) is 0 Å². The van der Waals surface area contributed by atoms with E-state index >= 15 is 0 Å². The van der Waals surface area contributed by atoms with Crippen molar-refractivity contribution < 1.29 is 4.74 Å². The Morgan fingerprint density at radius 2 is 2.00 bits per heavy atom. The zero-order chi connectivity index (χ0) is 13.2. The van der Waals surface area contributed by atoms with Crippen molar-refractivity contribution in [3.63, 3.8) is 0 Å². The van der Waals surface area contributed by atoms with E-state index in [9.17, 15) is 0 Å². The summed E-state index contributed by atoms with van der Waals surface area (Å²) in [4.78, 5) is 2.63. The molecule has 0 spiro atoms. The van der Waals surface area contributed by atoms with E-state index in [0.29, 0.717) is 6.04 Å². The largest absolute Gasteiger partial charge is 0.497 e. The van der Waals surface area contributed by atoms with Crippen molar-refractivity contribution in [2.75, 3.05) is 14.2 Å². The molecule has 1 saturated carbocycles. The number of ether oxygens (including phenoxy) is 1. The van der Waals surface area contributed by atoms with Crippen LogP contribution in [-0.4, -0.2) is 25.1 Å². The molecule has 0 amide bonds. The molecule has 0 aromatic heterocycles. The van der Waals surface area contributed by atoms with Crippen LogP contribution in [0, 0.1) is 5.92 Å². The number of hydrogen-bond donors (Lipinski definition) is 0. The minimum Gasteiger partial charge on any atom is -0.497 e. The molecule has 2 heteroatoms. The molecule has 0 radical (unpaired) electrons. The van der Waals surface area contributed by atoms with E-state index in [1.54, 1.807) is 7.11 Å². The van der Waals surface area contributed by atoms with Crippen molar-refractivity contribution in [1.29, 1.82) is 0 Å². The second kappa shape index (κ2) is 5.54. The fourth-order valence-electron chi connectivity index (χ4n) is 4.08. The zero-order valence-corrected chi connectivity index (χ0v) is 12.1. The molecule has 3 atom stereocenters. The average Bonchev–Trinajstić information content (AvgIpc) is 2.64. The first-order valence-electron chi connectivity index (χ1n) is 7.65. The van der Waals surface area contributed by atoms with Gasteiger partial charge in [-0.15, -0.1) is 0 Å². The lowest BCUT2D eigenvalue weighted by atomic mass is 9.93. The molecule has 104 valence electrons. The molecule has 3 unspecified atom stereocenters. The van der Waals surface area contributed by atoms with Gasteiger partial charge in [-0.1, -0.05) is 31.4 Å². The number of fused-ring (bicyclic) bond motifs is 1. The Bertz CT molecular complexity index is 431. The van der Waals surface area contributed by atoms with Crippen molar-refractivity contribution >= 4 is 0 Å². The molecule has 1 aromatic carbocycles. The highest BCUT2D eigenvalue weighted by atomic mass is 16.5. The second-order valence-corrected chi connectivity index (χ2v) is 6.16. The number of hydrogen-bond acceptors (Lipinski definition) is 2. The van der Waals surface area contributed by atoms with E-state index in [1.807, 2.05) is 6.07 Å². The van der Waals surface area contributed by atoms with Gasteiger partial charge in [0.05, 0.1) is 7.11 Å². The summed E-state index contributed by atoms with van der Waals surface area (Å²) in [5, 5.41) is 0. The highest BCUT2D eigenvalue weighted by Crippen LogP contribution is 2.44. The van der Waals surface area contributed by atoms with Crippen molar-refractivity contribution in [3.05, 3.63) is 29.8 Å². The molecule has 1 aliphatic heterocycles. The van der Waals surface area contributed by atoms with Crippen molar-refractivity contribution in [3.8, 4) is 5.75 Å². The van der Waals surface area contributed by atoms with E-state index in [0.717, 1.165) is 17.7 Å². The molecular weight excluding hydrogens is 234 g/mol. The molecule has 2 nitrogen and oxygen atoms in total. The Hall–Kier alpha value is -1.02. The summed E-state index contributed by atoms with van der Waals surface area (Å²) in [7, 11) is 4.07. The van der Waals surface area contributed by atoms with Gasteiger partial charge in [0.2, 0.25) is 0 Å². The molecule has 1 saturated heterocycles. The van der Waals surface area contributed by atoms with Gasteiger partial charge < -0.3 is 4.74 Å². The molecule has 2 fully saturated rings. The SMILES string of the molecule is COc1cccc(C2CC3CCCCCC3N2C)c1. The average molecular weight is 259 g/mol. The first kappa shape index (κ1) is 13.0. The van der Waals surface area contributed by atoms with Gasteiger partial charge >= 0.3 is 0 Å². The van der Waals surface area contributed by atoms with Crippen molar-refractivity contribution in [1.82, 2.24) is 4.90 Å². The van der Waals surface area contributed by atoms with Crippen LogP contribution in [0.25, 0.3) is 0 Å². The maximum absolute atomic E-state index is 5.37. The summed E-state index contributed by atoms with van der Waals surface area (Å²) in [5.41, 5.74) is 1.43. The second-order valence-electron chi connectivity index (χ2n) is 6.16. The predicted octanol–water partition coefficient (Wildman–Crippen LogP) is 4.02. The Labute approximate surface area is 116 Å². The van der Waals surface area contributed by atoms with Crippen molar-refractivity contribution in [2.45, 2.75) is 50.6 Å². The lowest BCUT2D eigenvalue weighted by molar-refractivity contribution is 0.216. The maximum Gasteiger partial charge on any atom is 0.119 e. The van der Waals surface area contributed by atoms with Crippen LogP contribution in [0.3, 0.4) is 0 Å².